The molecule has 0 aliphatic rings. The van der Waals surface area contributed by atoms with E-state index in [2.05, 4.69) is 4.74 Å². The Balaban J connectivity index is 2.46. The number of nitrogen functional groups attached to an aromatic ring is 1. The van der Waals surface area contributed by atoms with Gasteiger partial charge in [-0.15, -0.1) is 22.7 Å². The number of thiophene rings is 2. The lowest BCUT2D eigenvalue weighted by Crippen LogP contribution is -2.00. The lowest BCUT2D eigenvalue weighted by molar-refractivity contribution is 0.0607. The minimum atomic E-state index is -0.415. The van der Waals surface area contributed by atoms with Crippen molar-refractivity contribution in [3.8, 4) is 9.75 Å². The molecule has 2 aromatic heterocycles. The molecule has 0 unspecified atom stereocenters. The van der Waals surface area contributed by atoms with Gasteiger partial charge in [0.25, 0.3) is 0 Å². The number of nitrogens with two attached hydrogens (primary N) is 1. The van der Waals surface area contributed by atoms with Crippen LogP contribution in [0.2, 0.25) is 5.02 Å². The molecule has 0 fully saturated rings. The Kier molecular flexibility index (Phi) is 3.18. The molecule has 2 N–H and O–H groups in total. The molecule has 0 saturated carbocycles. The number of methoxy groups -OCH3 is 1. The highest BCUT2D eigenvalue weighted by atomic mass is 35.5. The van der Waals surface area contributed by atoms with Crippen molar-refractivity contribution in [2.24, 2.45) is 0 Å². The van der Waals surface area contributed by atoms with Gasteiger partial charge in [-0.2, -0.15) is 0 Å². The third-order valence-corrected chi connectivity index (χ3v) is 4.62. The summed E-state index contributed by atoms with van der Waals surface area (Å²) in [7, 11) is 1.33. The number of carbonyl (C=O) groups is 1. The van der Waals surface area contributed by atoms with Crippen LogP contribution in [0, 0.1) is 0 Å². The van der Waals surface area contributed by atoms with Crippen LogP contribution in [0.15, 0.2) is 17.5 Å². The zero-order chi connectivity index (χ0) is 11.7. The molecule has 2 heterocycles. The maximum Gasteiger partial charge on any atom is 0.350 e. The van der Waals surface area contributed by atoms with E-state index in [9.17, 15) is 4.79 Å². The third-order valence-electron chi connectivity index (χ3n) is 1.97. The summed E-state index contributed by atoms with van der Waals surface area (Å²) in [5.74, 6) is -0.415. The predicted molar refractivity (Wildman–Crippen MR) is 68.4 cm³/mol. The standard InChI is InChI=1S/C10H8ClNO2S2/c1-14-10(13)9-6(12)4-7(16-9)8-5(11)2-3-15-8/h2-4H,12H2,1H3. The van der Waals surface area contributed by atoms with E-state index in [4.69, 9.17) is 17.3 Å². The fraction of sp³-hybridized carbons (Fsp3) is 0.100. The van der Waals surface area contributed by atoms with Gasteiger partial charge >= 0.3 is 5.97 Å². The summed E-state index contributed by atoms with van der Waals surface area (Å²) in [6.07, 6.45) is 0. The maximum atomic E-state index is 11.4. The molecule has 0 aliphatic heterocycles. The van der Waals surface area contributed by atoms with Crippen LogP contribution < -0.4 is 5.73 Å². The van der Waals surface area contributed by atoms with Gasteiger partial charge in [0.2, 0.25) is 0 Å². The summed E-state index contributed by atoms with van der Waals surface area (Å²) in [6.45, 7) is 0. The van der Waals surface area contributed by atoms with E-state index in [0.717, 1.165) is 9.75 Å². The lowest BCUT2D eigenvalue weighted by atomic mass is 10.3. The number of ether oxygens (including phenoxy) is 1. The second-order valence-corrected chi connectivity index (χ2v) is 5.36. The molecule has 3 nitrogen and oxygen atoms in total. The van der Waals surface area contributed by atoms with Crippen LogP contribution in [0.25, 0.3) is 9.75 Å². The van der Waals surface area contributed by atoms with E-state index in [1.54, 1.807) is 6.07 Å². The van der Waals surface area contributed by atoms with Gasteiger partial charge in [-0.3, -0.25) is 0 Å². The van der Waals surface area contributed by atoms with Crippen molar-refractivity contribution in [1.29, 1.82) is 0 Å². The Morgan fingerprint density at radius 2 is 2.31 bits per heavy atom. The number of carbonyl (C=O) groups excluding carboxylic acids is 1. The number of anilines is 1. The molecule has 2 rings (SSSR count). The van der Waals surface area contributed by atoms with Gasteiger partial charge in [0.05, 0.1) is 22.7 Å². The first kappa shape index (κ1) is 11.4. The summed E-state index contributed by atoms with van der Waals surface area (Å²) in [6, 6.07) is 3.56. The average Bonchev–Trinajstić information content (AvgIpc) is 2.83. The summed E-state index contributed by atoms with van der Waals surface area (Å²) < 4.78 is 4.64. The Bertz CT molecular complexity index is 533. The van der Waals surface area contributed by atoms with E-state index in [1.165, 1.54) is 29.8 Å². The number of halogens is 1. The molecular weight excluding hydrogens is 266 g/mol. The maximum absolute atomic E-state index is 11.4. The van der Waals surface area contributed by atoms with Crippen molar-refractivity contribution in [1.82, 2.24) is 0 Å². The largest absolute Gasteiger partial charge is 0.465 e. The molecule has 0 spiro atoms. The first-order chi connectivity index (χ1) is 7.63. The summed E-state index contributed by atoms with van der Waals surface area (Å²) in [5, 5.41) is 2.56. The fourth-order valence-electron chi connectivity index (χ4n) is 1.24. The van der Waals surface area contributed by atoms with Crippen LogP contribution >= 0.6 is 34.3 Å². The lowest BCUT2D eigenvalue weighted by Gasteiger charge is -1.94. The van der Waals surface area contributed by atoms with Gasteiger partial charge < -0.3 is 10.5 Å². The highest BCUT2D eigenvalue weighted by Crippen LogP contribution is 2.40. The number of esters is 1. The average molecular weight is 274 g/mol. The second-order valence-electron chi connectivity index (χ2n) is 2.98. The number of hydrogen-bond donors (Lipinski definition) is 1. The van der Waals surface area contributed by atoms with Gasteiger partial charge in [0.15, 0.2) is 0 Å². The molecule has 0 radical (unpaired) electrons. The zero-order valence-corrected chi connectivity index (χ0v) is 10.7. The van der Waals surface area contributed by atoms with E-state index >= 15 is 0 Å². The number of hydrogen-bond acceptors (Lipinski definition) is 5. The van der Waals surface area contributed by atoms with Crippen molar-refractivity contribution in [3.63, 3.8) is 0 Å². The predicted octanol–water partition coefficient (Wildman–Crippen LogP) is 3.50. The Morgan fingerprint density at radius 3 is 2.88 bits per heavy atom. The Morgan fingerprint density at radius 1 is 1.56 bits per heavy atom. The van der Waals surface area contributed by atoms with Gasteiger partial charge in [0, 0.05) is 4.88 Å². The third kappa shape index (κ3) is 1.93. The minimum absolute atomic E-state index is 0.415. The summed E-state index contributed by atoms with van der Waals surface area (Å²) in [5.41, 5.74) is 6.17. The molecule has 0 aromatic carbocycles. The summed E-state index contributed by atoms with van der Waals surface area (Å²) >= 11 is 8.81. The number of rotatable bonds is 2. The van der Waals surface area contributed by atoms with Crippen LogP contribution in [-0.4, -0.2) is 13.1 Å². The smallest absolute Gasteiger partial charge is 0.350 e. The van der Waals surface area contributed by atoms with Crippen molar-refractivity contribution in [2.45, 2.75) is 0 Å². The summed E-state index contributed by atoms with van der Waals surface area (Å²) in [4.78, 5) is 13.6. The SMILES string of the molecule is COC(=O)c1sc(-c2sccc2Cl)cc1N. The van der Waals surface area contributed by atoms with Gasteiger partial charge in [0.1, 0.15) is 4.88 Å². The molecule has 2 aromatic rings. The molecule has 0 aliphatic carbocycles. The molecule has 84 valence electrons. The van der Waals surface area contributed by atoms with Crippen molar-refractivity contribution < 1.29 is 9.53 Å². The first-order valence-corrected chi connectivity index (χ1v) is 6.42. The van der Waals surface area contributed by atoms with Crippen LogP contribution in [-0.2, 0) is 4.74 Å². The molecule has 6 heteroatoms. The monoisotopic (exact) mass is 273 g/mol. The molecule has 0 bridgehead atoms. The Labute approximate surface area is 105 Å². The van der Waals surface area contributed by atoms with E-state index in [-0.39, 0.29) is 0 Å². The van der Waals surface area contributed by atoms with E-state index in [1.807, 2.05) is 11.4 Å². The quantitative estimate of drug-likeness (QED) is 0.852. The van der Waals surface area contributed by atoms with Gasteiger partial charge in [-0.1, -0.05) is 11.6 Å². The van der Waals surface area contributed by atoms with Crippen LogP contribution in [0.3, 0.4) is 0 Å². The van der Waals surface area contributed by atoms with Crippen molar-refractivity contribution in [2.75, 3.05) is 12.8 Å². The Hall–Kier alpha value is -1.04. The second kappa shape index (κ2) is 4.45. The highest BCUT2D eigenvalue weighted by Gasteiger charge is 2.17. The fourth-order valence-corrected chi connectivity index (χ4v) is 3.59. The van der Waals surface area contributed by atoms with E-state index < -0.39 is 5.97 Å². The van der Waals surface area contributed by atoms with Gasteiger partial charge in [-0.25, -0.2) is 4.79 Å². The molecule has 0 atom stereocenters. The molecule has 0 amide bonds. The van der Waals surface area contributed by atoms with Crippen molar-refractivity contribution >= 4 is 45.9 Å². The normalized spacial score (nSPS) is 10.4. The topological polar surface area (TPSA) is 52.3 Å². The molecular formula is C10H8ClNO2S2. The van der Waals surface area contributed by atoms with Crippen molar-refractivity contribution in [3.05, 3.63) is 27.4 Å². The van der Waals surface area contributed by atoms with Crippen LogP contribution in [0.5, 0.6) is 0 Å². The first-order valence-electron chi connectivity index (χ1n) is 4.34. The van der Waals surface area contributed by atoms with Crippen LogP contribution in [0.4, 0.5) is 5.69 Å². The molecule has 16 heavy (non-hydrogen) atoms. The highest BCUT2D eigenvalue weighted by molar-refractivity contribution is 7.23. The zero-order valence-electron chi connectivity index (χ0n) is 8.32. The van der Waals surface area contributed by atoms with E-state index in [0.29, 0.717) is 15.6 Å². The van der Waals surface area contributed by atoms with Crippen LogP contribution in [0.1, 0.15) is 9.67 Å². The molecule has 0 saturated heterocycles. The minimum Gasteiger partial charge on any atom is -0.465 e. The van der Waals surface area contributed by atoms with Gasteiger partial charge in [-0.05, 0) is 17.5 Å².